The van der Waals surface area contributed by atoms with Crippen LogP contribution < -0.4 is 10.6 Å². The van der Waals surface area contributed by atoms with Crippen LogP contribution in [-0.4, -0.2) is 29.6 Å². The van der Waals surface area contributed by atoms with Gasteiger partial charge in [0.25, 0.3) is 0 Å². The van der Waals surface area contributed by atoms with Gasteiger partial charge in [-0.15, -0.1) is 0 Å². The molecule has 0 aromatic heterocycles. The van der Waals surface area contributed by atoms with E-state index in [1.54, 1.807) is 0 Å². The molecule has 0 heterocycles. The normalized spacial score (nSPS) is 12.1. The van der Waals surface area contributed by atoms with Gasteiger partial charge in [0.15, 0.2) is 0 Å². The first-order valence-corrected chi connectivity index (χ1v) is 6.53. The molecule has 21 heavy (non-hydrogen) atoms. The molecule has 5 nitrogen and oxygen atoms in total. The summed E-state index contributed by atoms with van der Waals surface area (Å²) in [6, 6.07) is 2.60. The van der Waals surface area contributed by atoms with Crippen LogP contribution in [-0.2, 0) is 9.59 Å². The fraction of sp³-hybridized carbons (Fsp3) is 0.429. The highest BCUT2D eigenvalue weighted by atomic mass is 19.1. The van der Waals surface area contributed by atoms with Gasteiger partial charge in [0.2, 0.25) is 0 Å². The van der Waals surface area contributed by atoms with Gasteiger partial charge >= 0.3 is 11.8 Å². The van der Waals surface area contributed by atoms with Gasteiger partial charge in [-0.25, -0.2) is 8.78 Å². The first-order valence-electron chi connectivity index (χ1n) is 6.53. The maximum absolute atomic E-state index is 13.3. The summed E-state index contributed by atoms with van der Waals surface area (Å²) in [6.07, 6.45) is -0.274. The van der Waals surface area contributed by atoms with E-state index < -0.39 is 29.6 Å². The van der Waals surface area contributed by atoms with Crippen LogP contribution in [0.3, 0.4) is 0 Å². The van der Waals surface area contributed by atoms with Crippen molar-refractivity contribution in [1.82, 2.24) is 5.32 Å². The SMILES string of the molecule is CC(C)C(O)CCNC(=O)C(=O)Nc1ccc(F)cc1F. The summed E-state index contributed by atoms with van der Waals surface area (Å²) in [6.45, 7) is 3.78. The van der Waals surface area contributed by atoms with Crippen LogP contribution >= 0.6 is 0 Å². The quantitative estimate of drug-likeness (QED) is 0.720. The molecule has 0 spiro atoms. The summed E-state index contributed by atoms with van der Waals surface area (Å²) in [5.41, 5.74) is -0.279. The zero-order valence-electron chi connectivity index (χ0n) is 11.8. The van der Waals surface area contributed by atoms with Gasteiger partial charge < -0.3 is 15.7 Å². The molecule has 0 aliphatic heterocycles. The summed E-state index contributed by atoms with van der Waals surface area (Å²) in [5, 5.41) is 13.9. The number of nitrogens with one attached hydrogen (secondary N) is 2. The number of anilines is 1. The lowest BCUT2D eigenvalue weighted by Gasteiger charge is -2.14. The zero-order valence-corrected chi connectivity index (χ0v) is 11.8. The predicted molar refractivity (Wildman–Crippen MR) is 73.5 cm³/mol. The second-order valence-electron chi connectivity index (χ2n) is 4.93. The number of carbonyl (C=O) groups excluding carboxylic acids is 2. The molecule has 0 aliphatic rings. The van der Waals surface area contributed by atoms with E-state index in [0.29, 0.717) is 12.5 Å². The minimum absolute atomic E-state index is 0.0454. The third kappa shape index (κ3) is 5.47. The number of aliphatic hydroxyl groups excluding tert-OH is 1. The summed E-state index contributed by atoms with van der Waals surface area (Å²) in [7, 11) is 0. The molecule has 0 bridgehead atoms. The molecule has 7 heteroatoms. The Hall–Kier alpha value is -2.02. The van der Waals surface area contributed by atoms with Crippen molar-refractivity contribution in [2.24, 2.45) is 5.92 Å². The predicted octanol–water partition coefficient (Wildman–Crippen LogP) is 1.43. The van der Waals surface area contributed by atoms with E-state index in [1.165, 1.54) is 0 Å². The lowest BCUT2D eigenvalue weighted by atomic mass is 10.0. The topological polar surface area (TPSA) is 78.4 Å². The Morgan fingerprint density at radius 2 is 1.90 bits per heavy atom. The Kier molecular flexibility index (Phi) is 6.23. The van der Waals surface area contributed by atoms with Crippen LogP contribution in [0, 0.1) is 17.6 Å². The molecule has 0 radical (unpaired) electrons. The first-order chi connectivity index (χ1) is 9.81. The number of hydrogen-bond acceptors (Lipinski definition) is 3. The molecule has 1 unspecified atom stereocenters. The second kappa shape index (κ2) is 7.68. The zero-order chi connectivity index (χ0) is 16.0. The Bertz CT molecular complexity index is 521. The highest BCUT2D eigenvalue weighted by Gasteiger charge is 2.16. The van der Waals surface area contributed by atoms with Crippen molar-refractivity contribution in [1.29, 1.82) is 0 Å². The highest BCUT2D eigenvalue weighted by molar-refractivity contribution is 6.39. The fourth-order valence-electron chi connectivity index (χ4n) is 1.52. The number of rotatable bonds is 5. The second-order valence-corrected chi connectivity index (χ2v) is 4.93. The number of aliphatic hydroxyl groups is 1. The third-order valence-electron chi connectivity index (χ3n) is 2.88. The Morgan fingerprint density at radius 1 is 1.24 bits per heavy atom. The van der Waals surface area contributed by atoms with Crippen molar-refractivity contribution < 1.29 is 23.5 Å². The van der Waals surface area contributed by atoms with Crippen LogP contribution in [0.15, 0.2) is 18.2 Å². The molecular formula is C14H18F2N2O3. The molecule has 0 saturated heterocycles. The van der Waals surface area contributed by atoms with E-state index in [0.717, 1.165) is 12.1 Å². The number of amides is 2. The summed E-state index contributed by atoms with van der Waals surface area (Å²) < 4.78 is 26.0. The first kappa shape index (κ1) is 17.0. The molecule has 2 amide bonds. The molecule has 1 aromatic rings. The van der Waals surface area contributed by atoms with Gasteiger partial charge in [-0.1, -0.05) is 13.8 Å². The van der Waals surface area contributed by atoms with Crippen molar-refractivity contribution in [3.63, 3.8) is 0 Å². The Labute approximate surface area is 121 Å². The van der Waals surface area contributed by atoms with Gasteiger partial charge in [0, 0.05) is 12.6 Å². The van der Waals surface area contributed by atoms with Crippen LogP contribution in [0.4, 0.5) is 14.5 Å². The average Bonchev–Trinajstić information content (AvgIpc) is 2.41. The monoisotopic (exact) mass is 300 g/mol. The smallest absolute Gasteiger partial charge is 0.313 e. The number of hydrogen-bond donors (Lipinski definition) is 3. The Morgan fingerprint density at radius 3 is 2.48 bits per heavy atom. The van der Waals surface area contributed by atoms with Crippen molar-refractivity contribution in [3.8, 4) is 0 Å². The van der Waals surface area contributed by atoms with Crippen LogP contribution in [0.5, 0.6) is 0 Å². The summed E-state index contributed by atoms with van der Waals surface area (Å²) in [4.78, 5) is 23.0. The maximum Gasteiger partial charge on any atom is 0.313 e. The third-order valence-corrected chi connectivity index (χ3v) is 2.88. The summed E-state index contributed by atoms with van der Waals surface area (Å²) in [5.74, 6) is -3.71. The fourth-order valence-corrected chi connectivity index (χ4v) is 1.52. The van der Waals surface area contributed by atoms with E-state index in [4.69, 9.17) is 0 Å². The standard InChI is InChI=1S/C14H18F2N2O3/c1-8(2)12(19)5-6-17-13(20)14(21)18-11-4-3-9(15)7-10(11)16/h3-4,7-8,12,19H,5-6H2,1-2H3,(H,17,20)(H,18,21). The van der Waals surface area contributed by atoms with Gasteiger partial charge in [-0.2, -0.15) is 0 Å². The van der Waals surface area contributed by atoms with Crippen LogP contribution in [0.25, 0.3) is 0 Å². The maximum atomic E-state index is 13.3. The van der Waals surface area contributed by atoms with Crippen molar-refractivity contribution in [3.05, 3.63) is 29.8 Å². The minimum atomic E-state index is -1.06. The number of carbonyl (C=O) groups is 2. The molecule has 1 aromatic carbocycles. The molecule has 116 valence electrons. The Balaban J connectivity index is 2.46. The molecule has 3 N–H and O–H groups in total. The highest BCUT2D eigenvalue weighted by Crippen LogP contribution is 2.14. The van der Waals surface area contributed by atoms with Crippen molar-refractivity contribution in [2.45, 2.75) is 26.4 Å². The number of halogens is 2. The van der Waals surface area contributed by atoms with E-state index in [2.05, 4.69) is 5.32 Å². The molecule has 1 atom stereocenters. The largest absolute Gasteiger partial charge is 0.393 e. The lowest BCUT2D eigenvalue weighted by molar-refractivity contribution is -0.136. The van der Waals surface area contributed by atoms with Crippen molar-refractivity contribution >= 4 is 17.5 Å². The molecular weight excluding hydrogens is 282 g/mol. The van der Waals surface area contributed by atoms with Gasteiger partial charge in [0.1, 0.15) is 11.6 Å². The van der Waals surface area contributed by atoms with Gasteiger partial charge in [-0.3, -0.25) is 9.59 Å². The van der Waals surface area contributed by atoms with Crippen LogP contribution in [0.2, 0.25) is 0 Å². The molecule has 1 rings (SSSR count). The van der Waals surface area contributed by atoms with Crippen molar-refractivity contribution in [2.75, 3.05) is 11.9 Å². The summed E-state index contributed by atoms with van der Waals surface area (Å²) >= 11 is 0. The average molecular weight is 300 g/mol. The van der Waals surface area contributed by atoms with E-state index in [1.807, 2.05) is 19.2 Å². The van der Waals surface area contributed by atoms with E-state index >= 15 is 0 Å². The van der Waals surface area contributed by atoms with E-state index in [-0.39, 0.29) is 18.2 Å². The number of benzene rings is 1. The lowest BCUT2D eigenvalue weighted by Crippen LogP contribution is -2.37. The van der Waals surface area contributed by atoms with E-state index in [9.17, 15) is 23.5 Å². The molecule has 0 fully saturated rings. The molecule has 0 aliphatic carbocycles. The minimum Gasteiger partial charge on any atom is -0.393 e. The van der Waals surface area contributed by atoms with Crippen LogP contribution in [0.1, 0.15) is 20.3 Å². The van der Waals surface area contributed by atoms with Gasteiger partial charge in [-0.05, 0) is 24.5 Å². The molecule has 0 saturated carbocycles. The van der Waals surface area contributed by atoms with Gasteiger partial charge in [0.05, 0.1) is 11.8 Å².